The average molecular weight is 280 g/mol. The van der Waals surface area contributed by atoms with Crippen molar-refractivity contribution in [3.05, 3.63) is 54.1 Å². The number of rotatable bonds is 3. The summed E-state index contributed by atoms with van der Waals surface area (Å²) >= 11 is 0. The van der Waals surface area contributed by atoms with E-state index in [1.807, 2.05) is 48.5 Å². The zero-order chi connectivity index (χ0) is 14.8. The molecule has 0 aliphatic carbocycles. The smallest absolute Gasteiger partial charge is 0.222 e. The Kier molecular flexibility index (Phi) is 3.29. The molecule has 21 heavy (non-hydrogen) atoms. The van der Waals surface area contributed by atoms with Crippen LogP contribution in [0.15, 0.2) is 48.5 Å². The summed E-state index contributed by atoms with van der Waals surface area (Å²) in [5.74, 6) is 6.65. The predicted molar refractivity (Wildman–Crippen MR) is 85.2 cm³/mol. The van der Waals surface area contributed by atoms with Crippen molar-refractivity contribution in [2.45, 2.75) is 6.54 Å². The quantitative estimate of drug-likeness (QED) is 0.497. The van der Waals surface area contributed by atoms with Crippen LogP contribution in [-0.4, -0.2) is 9.97 Å². The van der Waals surface area contributed by atoms with Crippen LogP contribution in [0.2, 0.25) is 0 Å². The van der Waals surface area contributed by atoms with Gasteiger partial charge in [0.25, 0.3) is 0 Å². The minimum atomic E-state index is 0.168. The molecule has 106 valence electrons. The molecule has 6 nitrogen and oxygen atoms in total. The van der Waals surface area contributed by atoms with Gasteiger partial charge in [0.1, 0.15) is 5.82 Å². The molecule has 0 aliphatic heterocycles. The van der Waals surface area contributed by atoms with E-state index in [1.54, 1.807) is 5.01 Å². The highest BCUT2D eigenvalue weighted by molar-refractivity contribution is 5.91. The molecule has 0 fully saturated rings. The van der Waals surface area contributed by atoms with Crippen molar-refractivity contribution in [3.63, 3.8) is 0 Å². The van der Waals surface area contributed by atoms with Crippen LogP contribution in [0, 0.1) is 0 Å². The standard InChI is InChI=1S/C15H16N6/c16-14-12-8-11(6-7-13(12)19-15(17)20-14)21(18)9-10-4-2-1-3-5-10/h1-8H,9,18H2,(H4,16,17,19,20). The molecule has 6 N–H and O–H groups in total. The Balaban J connectivity index is 1.93. The van der Waals surface area contributed by atoms with Gasteiger partial charge in [-0.25, -0.2) is 10.8 Å². The van der Waals surface area contributed by atoms with Crippen LogP contribution in [0.25, 0.3) is 10.9 Å². The second-order valence-corrected chi connectivity index (χ2v) is 4.78. The molecule has 1 heterocycles. The van der Waals surface area contributed by atoms with E-state index in [1.165, 1.54) is 0 Å². The number of hydrogen-bond acceptors (Lipinski definition) is 6. The van der Waals surface area contributed by atoms with Crippen molar-refractivity contribution in [1.82, 2.24) is 9.97 Å². The van der Waals surface area contributed by atoms with Crippen LogP contribution >= 0.6 is 0 Å². The lowest BCUT2D eigenvalue weighted by Gasteiger charge is -2.19. The molecule has 2 aromatic carbocycles. The summed E-state index contributed by atoms with van der Waals surface area (Å²) in [5, 5.41) is 2.40. The maximum absolute atomic E-state index is 6.13. The zero-order valence-electron chi connectivity index (χ0n) is 11.4. The van der Waals surface area contributed by atoms with E-state index in [2.05, 4.69) is 9.97 Å². The fraction of sp³-hybridized carbons (Fsp3) is 0.0667. The number of nitrogen functional groups attached to an aromatic ring is 2. The van der Waals surface area contributed by atoms with Gasteiger partial charge in [-0.1, -0.05) is 30.3 Å². The van der Waals surface area contributed by atoms with Crippen LogP contribution in [-0.2, 0) is 6.54 Å². The second-order valence-electron chi connectivity index (χ2n) is 4.78. The minimum Gasteiger partial charge on any atom is -0.383 e. The van der Waals surface area contributed by atoms with E-state index >= 15 is 0 Å². The number of aromatic nitrogens is 2. The van der Waals surface area contributed by atoms with Crippen LogP contribution in [0.3, 0.4) is 0 Å². The highest BCUT2D eigenvalue weighted by atomic mass is 15.4. The van der Waals surface area contributed by atoms with Gasteiger partial charge in [-0.05, 0) is 23.8 Å². The highest BCUT2D eigenvalue weighted by Crippen LogP contribution is 2.24. The Morgan fingerprint density at radius 1 is 0.952 bits per heavy atom. The number of hydrazine groups is 1. The van der Waals surface area contributed by atoms with Crippen molar-refractivity contribution in [1.29, 1.82) is 0 Å². The van der Waals surface area contributed by atoms with Gasteiger partial charge >= 0.3 is 0 Å². The van der Waals surface area contributed by atoms with Crippen molar-refractivity contribution >= 4 is 28.4 Å². The third-order valence-corrected chi connectivity index (χ3v) is 3.25. The van der Waals surface area contributed by atoms with Crippen LogP contribution in [0.4, 0.5) is 17.5 Å². The summed E-state index contributed by atoms with van der Waals surface area (Å²) in [5.41, 5.74) is 14.1. The first-order chi connectivity index (χ1) is 10.1. The van der Waals surface area contributed by atoms with E-state index in [9.17, 15) is 0 Å². The van der Waals surface area contributed by atoms with Gasteiger partial charge < -0.3 is 16.5 Å². The molecule has 0 radical (unpaired) electrons. The predicted octanol–water partition coefficient (Wildman–Crippen LogP) is 1.67. The fourth-order valence-corrected chi connectivity index (χ4v) is 2.21. The van der Waals surface area contributed by atoms with Crippen molar-refractivity contribution in [2.75, 3.05) is 16.5 Å². The van der Waals surface area contributed by atoms with Gasteiger partial charge in [-0.2, -0.15) is 4.98 Å². The van der Waals surface area contributed by atoms with Gasteiger partial charge in [-0.3, -0.25) is 0 Å². The maximum atomic E-state index is 6.13. The van der Waals surface area contributed by atoms with Crippen LogP contribution < -0.4 is 22.3 Å². The third-order valence-electron chi connectivity index (χ3n) is 3.25. The Morgan fingerprint density at radius 2 is 1.71 bits per heavy atom. The molecule has 3 aromatic rings. The normalized spacial score (nSPS) is 10.7. The van der Waals surface area contributed by atoms with E-state index in [-0.39, 0.29) is 5.95 Å². The topological polar surface area (TPSA) is 107 Å². The molecule has 0 atom stereocenters. The first-order valence-electron chi connectivity index (χ1n) is 6.52. The van der Waals surface area contributed by atoms with E-state index in [0.717, 1.165) is 16.6 Å². The first kappa shape index (κ1) is 13.1. The van der Waals surface area contributed by atoms with Gasteiger partial charge in [0, 0.05) is 5.39 Å². The van der Waals surface area contributed by atoms with E-state index in [4.69, 9.17) is 17.3 Å². The highest BCUT2D eigenvalue weighted by Gasteiger charge is 2.08. The van der Waals surface area contributed by atoms with E-state index < -0.39 is 0 Å². The van der Waals surface area contributed by atoms with Crippen LogP contribution in [0.1, 0.15) is 5.56 Å². The van der Waals surface area contributed by atoms with Gasteiger partial charge in [0.2, 0.25) is 5.95 Å². The Morgan fingerprint density at radius 3 is 2.48 bits per heavy atom. The van der Waals surface area contributed by atoms with E-state index in [0.29, 0.717) is 17.9 Å². The number of nitrogens with two attached hydrogens (primary N) is 3. The zero-order valence-corrected chi connectivity index (χ0v) is 11.4. The lowest BCUT2D eigenvalue weighted by molar-refractivity contribution is 0.854. The molecule has 0 spiro atoms. The average Bonchev–Trinajstić information content (AvgIpc) is 2.47. The van der Waals surface area contributed by atoms with Crippen LogP contribution in [0.5, 0.6) is 0 Å². The third kappa shape index (κ3) is 2.70. The van der Waals surface area contributed by atoms with Gasteiger partial charge in [0.15, 0.2) is 0 Å². The molecular weight excluding hydrogens is 264 g/mol. The number of anilines is 3. The fourth-order valence-electron chi connectivity index (χ4n) is 2.21. The summed E-state index contributed by atoms with van der Waals surface area (Å²) in [7, 11) is 0. The number of fused-ring (bicyclic) bond motifs is 1. The summed E-state index contributed by atoms with van der Waals surface area (Å²) in [6, 6.07) is 15.6. The summed E-state index contributed by atoms with van der Waals surface area (Å²) in [4.78, 5) is 8.12. The maximum Gasteiger partial charge on any atom is 0.222 e. The van der Waals surface area contributed by atoms with Gasteiger partial charge in [-0.15, -0.1) is 0 Å². The lowest BCUT2D eigenvalue weighted by Crippen LogP contribution is -2.29. The molecule has 0 aliphatic rings. The largest absolute Gasteiger partial charge is 0.383 e. The number of benzene rings is 2. The lowest BCUT2D eigenvalue weighted by atomic mass is 10.2. The van der Waals surface area contributed by atoms with Crippen molar-refractivity contribution in [3.8, 4) is 0 Å². The molecule has 0 bridgehead atoms. The molecular formula is C15H16N6. The molecule has 3 rings (SSSR count). The summed E-state index contributed by atoms with van der Waals surface area (Å²) in [6.07, 6.45) is 0. The van der Waals surface area contributed by atoms with Gasteiger partial charge in [0.05, 0.1) is 17.7 Å². The molecule has 0 saturated carbocycles. The molecule has 6 heteroatoms. The first-order valence-corrected chi connectivity index (χ1v) is 6.52. The molecule has 0 amide bonds. The monoisotopic (exact) mass is 280 g/mol. The SMILES string of the molecule is Nc1nc(N)c2cc(N(N)Cc3ccccc3)ccc2n1. The Bertz CT molecular complexity index is 772. The Hall–Kier alpha value is -2.86. The second kappa shape index (κ2) is 5.26. The summed E-state index contributed by atoms with van der Waals surface area (Å²) in [6.45, 7) is 0.599. The molecule has 0 unspecified atom stereocenters. The number of hydrogen-bond donors (Lipinski definition) is 3. The minimum absolute atomic E-state index is 0.168. The molecule has 0 saturated heterocycles. The van der Waals surface area contributed by atoms with Crippen molar-refractivity contribution < 1.29 is 0 Å². The molecule has 1 aromatic heterocycles. The van der Waals surface area contributed by atoms with Crippen molar-refractivity contribution in [2.24, 2.45) is 5.84 Å². The summed E-state index contributed by atoms with van der Waals surface area (Å²) < 4.78 is 0. The number of nitrogens with zero attached hydrogens (tertiary/aromatic N) is 3. The Labute approximate surface area is 122 Å².